The fraction of sp³-hybridized carbons (Fsp3) is 0.963. The summed E-state index contributed by atoms with van der Waals surface area (Å²) in [6, 6.07) is 0. The van der Waals surface area contributed by atoms with Crippen LogP contribution in [0.5, 0.6) is 0 Å². The molecule has 0 aliphatic rings. The van der Waals surface area contributed by atoms with E-state index in [1.807, 2.05) is 20.8 Å². The van der Waals surface area contributed by atoms with E-state index in [4.69, 9.17) is 57.6 Å². The van der Waals surface area contributed by atoms with Gasteiger partial charge in [0.05, 0.1) is 139 Å². The number of nitrogens with zero attached hydrogens (tertiary/aromatic N) is 3. The van der Waals surface area contributed by atoms with E-state index in [1.54, 1.807) is 0 Å². The molecule has 42 heavy (non-hydrogen) atoms. The van der Waals surface area contributed by atoms with Gasteiger partial charge in [-0.15, -0.1) is 0 Å². The predicted octanol–water partition coefficient (Wildman–Crippen LogP) is 2.19. The molecule has 0 heterocycles. The van der Waals surface area contributed by atoms with Crippen LogP contribution in [0, 0.1) is 0 Å². The maximum absolute atomic E-state index is 11.5. The van der Waals surface area contributed by atoms with Gasteiger partial charge in [0.2, 0.25) is 0 Å². The van der Waals surface area contributed by atoms with E-state index in [9.17, 15) is 4.79 Å². The van der Waals surface area contributed by atoms with Gasteiger partial charge in [-0.3, -0.25) is 4.79 Å². The maximum atomic E-state index is 11.5. The molecule has 0 saturated heterocycles. The van der Waals surface area contributed by atoms with Crippen LogP contribution in [0.25, 0.3) is 10.4 Å². The molecule has 0 spiro atoms. The summed E-state index contributed by atoms with van der Waals surface area (Å²) in [5.74, 6) is -0.267. The molecule has 0 aliphatic carbocycles. The Morgan fingerprint density at radius 2 is 0.762 bits per heavy atom. The van der Waals surface area contributed by atoms with Crippen molar-refractivity contribution in [3.63, 3.8) is 0 Å². The highest BCUT2D eigenvalue weighted by molar-refractivity contribution is 5.69. The fourth-order valence-electron chi connectivity index (χ4n) is 2.78. The SMILES string of the molecule is CC(C)(C)OC(=O)CCOCCOCCOCCOCCOCCOCCOCCOCCOCCOCCN=[N+]=[N-]. The molecule has 0 rings (SSSR count). The summed E-state index contributed by atoms with van der Waals surface area (Å²) in [6.07, 6.45) is 0.230. The number of azide groups is 1. The Balaban J connectivity index is 3.10. The van der Waals surface area contributed by atoms with Gasteiger partial charge in [0.1, 0.15) is 5.60 Å². The summed E-state index contributed by atoms with van der Waals surface area (Å²) >= 11 is 0. The van der Waals surface area contributed by atoms with Gasteiger partial charge in [-0.1, -0.05) is 5.11 Å². The first-order valence-electron chi connectivity index (χ1n) is 14.5. The smallest absolute Gasteiger partial charge is 0.308 e. The lowest BCUT2D eigenvalue weighted by atomic mass is 10.2. The summed E-state index contributed by atoms with van der Waals surface area (Å²) in [5.41, 5.74) is 7.65. The van der Waals surface area contributed by atoms with Crippen molar-refractivity contribution >= 4 is 5.97 Å². The first-order chi connectivity index (χ1) is 20.5. The van der Waals surface area contributed by atoms with Crippen molar-refractivity contribution in [3.05, 3.63) is 10.4 Å². The van der Waals surface area contributed by atoms with Crippen molar-refractivity contribution < 1.29 is 56.9 Å². The van der Waals surface area contributed by atoms with E-state index >= 15 is 0 Å². The Hall–Kier alpha value is -1.62. The molecule has 0 fully saturated rings. The molecule has 15 nitrogen and oxygen atoms in total. The van der Waals surface area contributed by atoms with Gasteiger partial charge >= 0.3 is 5.97 Å². The molecule has 0 unspecified atom stereocenters. The zero-order valence-corrected chi connectivity index (χ0v) is 25.8. The van der Waals surface area contributed by atoms with E-state index in [2.05, 4.69) is 10.0 Å². The number of ether oxygens (including phenoxy) is 11. The van der Waals surface area contributed by atoms with Gasteiger partial charge in [0, 0.05) is 11.5 Å². The average Bonchev–Trinajstić information content (AvgIpc) is 2.94. The molecular formula is C27H53N3O12. The van der Waals surface area contributed by atoms with Crippen molar-refractivity contribution in [1.29, 1.82) is 0 Å². The highest BCUT2D eigenvalue weighted by Gasteiger charge is 2.15. The Kier molecular flexibility index (Phi) is 31.1. The fourth-order valence-corrected chi connectivity index (χ4v) is 2.78. The van der Waals surface area contributed by atoms with Crippen LogP contribution in [0.15, 0.2) is 5.11 Å². The largest absolute Gasteiger partial charge is 0.460 e. The summed E-state index contributed by atoms with van der Waals surface area (Å²) in [5, 5.41) is 3.37. The molecule has 0 N–H and O–H groups in total. The van der Waals surface area contributed by atoms with Crippen molar-refractivity contribution in [2.75, 3.05) is 139 Å². The molecule has 0 aliphatic heterocycles. The van der Waals surface area contributed by atoms with Gasteiger partial charge in [-0.05, 0) is 26.3 Å². The monoisotopic (exact) mass is 611 g/mol. The van der Waals surface area contributed by atoms with Crippen LogP contribution in [-0.2, 0) is 56.9 Å². The summed E-state index contributed by atoms with van der Waals surface area (Å²) in [4.78, 5) is 14.2. The summed E-state index contributed by atoms with van der Waals surface area (Å²) in [6.45, 7) is 15.1. The minimum Gasteiger partial charge on any atom is -0.460 e. The first kappa shape index (κ1) is 40.4. The molecule has 0 aromatic heterocycles. The third kappa shape index (κ3) is 36.4. The molecule has 0 bridgehead atoms. The summed E-state index contributed by atoms with van der Waals surface area (Å²) in [7, 11) is 0. The predicted molar refractivity (Wildman–Crippen MR) is 153 cm³/mol. The van der Waals surface area contributed by atoms with Gasteiger partial charge in [-0.25, -0.2) is 0 Å². The first-order valence-corrected chi connectivity index (χ1v) is 14.5. The second-order valence-corrected chi connectivity index (χ2v) is 9.41. The number of hydrogen-bond acceptors (Lipinski definition) is 13. The molecular weight excluding hydrogens is 558 g/mol. The van der Waals surface area contributed by atoms with Crippen molar-refractivity contribution in [2.24, 2.45) is 5.11 Å². The van der Waals surface area contributed by atoms with Crippen molar-refractivity contribution in [2.45, 2.75) is 32.8 Å². The topological polar surface area (TPSA) is 167 Å². The molecule has 0 radical (unpaired) electrons. The third-order valence-corrected chi connectivity index (χ3v) is 4.62. The maximum Gasteiger partial charge on any atom is 0.308 e. The number of esters is 1. The van der Waals surface area contributed by atoms with E-state index in [0.717, 1.165) is 0 Å². The highest BCUT2D eigenvalue weighted by atomic mass is 16.6. The van der Waals surface area contributed by atoms with Crippen LogP contribution in [0.1, 0.15) is 27.2 Å². The Labute approximate surface area is 250 Å². The second kappa shape index (κ2) is 32.3. The van der Waals surface area contributed by atoms with Crippen LogP contribution in [-0.4, -0.2) is 150 Å². The van der Waals surface area contributed by atoms with Crippen LogP contribution < -0.4 is 0 Å². The van der Waals surface area contributed by atoms with E-state index in [1.165, 1.54) is 0 Å². The molecule has 0 aromatic rings. The minimum absolute atomic E-state index is 0.230. The Morgan fingerprint density at radius 1 is 0.500 bits per heavy atom. The standard InChI is InChI=1S/C27H53N3O12/c1-27(2,3)42-26(31)4-6-32-8-10-34-12-14-36-16-18-38-20-22-40-24-25-41-23-21-39-19-17-37-15-13-35-11-9-33-7-5-29-30-28/h4-25H2,1-3H3. The van der Waals surface area contributed by atoms with Crippen LogP contribution >= 0.6 is 0 Å². The van der Waals surface area contributed by atoms with E-state index in [0.29, 0.717) is 139 Å². The molecule has 248 valence electrons. The lowest BCUT2D eigenvalue weighted by molar-refractivity contribution is -0.156. The van der Waals surface area contributed by atoms with Crippen LogP contribution in [0.3, 0.4) is 0 Å². The van der Waals surface area contributed by atoms with Crippen LogP contribution in [0.4, 0.5) is 0 Å². The molecule has 15 heteroatoms. The van der Waals surface area contributed by atoms with Gasteiger partial charge in [-0.2, -0.15) is 0 Å². The number of carbonyl (C=O) groups excluding carboxylic acids is 1. The zero-order valence-electron chi connectivity index (χ0n) is 25.8. The second-order valence-electron chi connectivity index (χ2n) is 9.41. The third-order valence-electron chi connectivity index (χ3n) is 4.62. The molecule has 0 saturated carbocycles. The number of rotatable bonds is 33. The minimum atomic E-state index is -0.475. The van der Waals surface area contributed by atoms with Crippen LogP contribution in [0.2, 0.25) is 0 Å². The van der Waals surface area contributed by atoms with Crippen molar-refractivity contribution in [3.8, 4) is 0 Å². The highest BCUT2D eigenvalue weighted by Crippen LogP contribution is 2.08. The lowest BCUT2D eigenvalue weighted by Crippen LogP contribution is -2.24. The van der Waals surface area contributed by atoms with Gasteiger partial charge < -0.3 is 52.1 Å². The van der Waals surface area contributed by atoms with E-state index < -0.39 is 5.60 Å². The lowest BCUT2D eigenvalue weighted by Gasteiger charge is -2.19. The summed E-state index contributed by atoms with van der Waals surface area (Å²) < 4.78 is 59.1. The molecule has 0 aromatic carbocycles. The average molecular weight is 612 g/mol. The van der Waals surface area contributed by atoms with Gasteiger partial charge in [0.15, 0.2) is 0 Å². The Bertz CT molecular complexity index is 634. The number of hydrogen-bond donors (Lipinski definition) is 0. The zero-order chi connectivity index (χ0) is 30.8. The van der Waals surface area contributed by atoms with Gasteiger partial charge in [0.25, 0.3) is 0 Å². The molecule has 0 amide bonds. The Morgan fingerprint density at radius 3 is 1.02 bits per heavy atom. The normalized spacial score (nSPS) is 11.5. The molecule has 0 atom stereocenters. The van der Waals surface area contributed by atoms with Crippen molar-refractivity contribution in [1.82, 2.24) is 0 Å². The number of carbonyl (C=O) groups is 1. The quantitative estimate of drug-likeness (QED) is 0.0349. The van der Waals surface area contributed by atoms with E-state index in [-0.39, 0.29) is 12.4 Å².